The quantitative estimate of drug-likeness (QED) is 0.806. The molecular weight excluding hydrogens is 202 g/mol. The molecule has 0 spiro atoms. The van der Waals surface area contributed by atoms with Crippen LogP contribution in [-0.4, -0.2) is 18.3 Å². The van der Waals surface area contributed by atoms with Crippen molar-refractivity contribution < 1.29 is 9.84 Å². The van der Waals surface area contributed by atoms with Crippen LogP contribution in [0.25, 0.3) is 0 Å². The van der Waals surface area contributed by atoms with Crippen LogP contribution in [-0.2, 0) is 0 Å². The van der Waals surface area contributed by atoms with E-state index in [0.717, 1.165) is 12.0 Å². The molecule has 0 heterocycles. The first-order chi connectivity index (χ1) is 7.58. The largest absolute Gasteiger partial charge is 0.507 e. The number of hydrogen-bond donors (Lipinski definition) is 2. The van der Waals surface area contributed by atoms with Crippen LogP contribution in [0.1, 0.15) is 38.8 Å². The highest BCUT2D eigenvalue weighted by Gasteiger charge is 2.12. The van der Waals surface area contributed by atoms with Crippen molar-refractivity contribution in [3.05, 3.63) is 23.8 Å². The first-order valence-electron chi connectivity index (χ1n) is 5.71. The van der Waals surface area contributed by atoms with Gasteiger partial charge in [0.1, 0.15) is 11.5 Å². The molecule has 90 valence electrons. The van der Waals surface area contributed by atoms with Gasteiger partial charge in [0, 0.05) is 23.7 Å². The van der Waals surface area contributed by atoms with Crippen molar-refractivity contribution in [2.24, 2.45) is 0 Å². The fourth-order valence-electron chi connectivity index (χ4n) is 1.65. The van der Waals surface area contributed by atoms with Gasteiger partial charge in [-0.2, -0.15) is 0 Å². The standard InChI is InChI=1S/C13H21NO2/c1-5-9(2)14-10(3)12-7-6-11(16-4)8-13(12)15/h6-10,14-15H,5H2,1-4H3. The van der Waals surface area contributed by atoms with E-state index in [1.807, 2.05) is 19.1 Å². The Labute approximate surface area is 97.4 Å². The summed E-state index contributed by atoms with van der Waals surface area (Å²) >= 11 is 0. The molecule has 0 fully saturated rings. The van der Waals surface area contributed by atoms with Crippen molar-refractivity contribution in [1.82, 2.24) is 5.32 Å². The van der Waals surface area contributed by atoms with Gasteiger partial charge < -0.3 is 15.2 Å². The molecule has 0 saturated carbocycles. The number of benzene rings is 1. The number of phenols is 1. The van der Waals surface area contributed by atoms with E-state index in [4.69, 9.17) is 4.74 Å². The van der Waals surface area contributed by atoms with Crippen molar-refractivity contribution in [3.8, 4) is 11.5 Å². The summed E-state index contributed by atoms with van der Waals surface area (Å²) in [5, 5.41) is 13.3. The summed E-state index contributed by atoms with van der Waals surface area (Å²) in [4.78, 5) is 0. The van der Waals surface area contributed by atoms with E-state index in [0.29, 0.717) is 11.8 Å². The molecule has 0 radical (unpaired) electrons. The van der Waals surface area contributed by atoms with E-state index in [2.05, 4.69) is 19.2 Å². The van der Waals surface area contributed by atoms with Crippen molar-refractivity contribution in [2.45, 2.75) is 39.3 Å². The molecule has 3 nitrogen and oxygen atoms in total. The lowest BCUT2D eigenvalue weighted by Crippen LogP contribution is -2.28. The van der Waals surface area contributed by atoms with Gasteiger partial charge in [-0.25, -0.2) is 0 Å². The molecule has 16 heavy (non-hydrogen) atoms. The number of hydrogen-bond acceptors (Lipinski definition) is 3. The van der Waals surface area contributed by atoms with Crippen molar-refractivity contribution in [1.29, 1.82) is 0 Å². The number of rotatable bonds is 5. The summed E-state index contributed by atoms with van der Waals surface area (Å²) in [5.74, 6) is 0.958. The molecule has 1 rings (SSSR count). The molecule has 2 atom stereocenters. The smallest absolute Gasteiger partial charge is 0.124 e. The minimum Gasteiger partial charge on any atom is -0.507 e. The van der Waals surface area contributed by atoms with Crippen LogP contribution in [0.15, 0.2) is 18.2 Å². The van der Waals surface area contributed by atoms with E-state index >= 15 is 0 Å². The Hall–Kier alpha value is -1.22. The predicted molar refractivity (Wildman–Crippen MR) is 66.0 cm³/mol. The number of phenolic OH excluding ortho intramolecular Hbond substituents is 1. The topological polar surface area (TPSA) is 41.5 Å². The monoisotopic (exact) mass is 223 g/mol. The molecule has 1 aromatic rings. The van der Waals surface area contributed by atoms with Gasteiger partial charge in [-0.15, -0.1) is 0 Å². The van der Waals surface area contributed by atoms with Gasteiger partial charge in [-0.05, 0) is 26.3 Å². The summed E-state index contributed by atoms with van der Waals surface area (Å²) < 4.78 is 5.05. The van der Waals surface area contributed by atoms with Gasteiger partial charge in [0.15, 0.2) is 0 Å². The van der Waals surface area contributed by atoms with Crippen LogP contribution in [0.5, 0.6) is 11.5 Å². The highest BCUT2D eigenvalue weighted by atomic mass is 16.5. The lowest BCUT2D eigenvalue weighted by atomic mass is 10.1. The highest BCUT2D eigenvalue weighted by molar-refractivity contribution is 5.41. The summed E-state index contributed by atoms with van der Waals surface area (Å²) in [6.07, 6.45) is 1.07. The highest BCUT2D eigenvalue weighted by Crippen LogP contribution is 2.28. The molecule has 0 aliphatic rings. The zero-order chi connectivity index (χ0) is 12.1. The van der Waals surface area contributed by atoms with E-state index in [-0.39, 0.29) is 11.8 Å². The molecule has 2 unspecified atom stereocenters. The van der Waals surface area contributed by atoms with Crippen molar-refractivity contribution in [2.75, 3.05) is 7.11 Å². The molecule has 0 aliphatic heterocycles. The summed E-state index contributed by atoms with van der Waals surface area (Å²) in [6.45, 7) is 6.32. The molecule has 0 amide bonds. The van der Waals surface area contributed by atoms with Crippen LogP contribution < -0.4 is 10.1 Å². The second-order valence-corrected chi connectivity index (χ2v) is 4.12. The second kappa shape index (κ2) is 5.75. The Morgan fingerprint density at radius 1 is 1.38 bits per heavy atom. The molecule has 0 aliphatic carbocycles. The summed E-state index contributed by atoms with van der Waals surface area (Å²) in [6, 6.07) is 5.99. The van der Waals surface area contributed by atoms with E-state index in [1.54, 1.807) is 13.2 Å². The first-order valence-corrected chi connectivity index (χ1v) is 5.71. The maximum atomic E-state index is 9.86. The fourth-order valence-corrected chi connectivity index (χ4v) is 1.65. The van der Waals surface area contributed by atoms with Gasteiger partial charge in [0.25, 0.3) is 0 Å². The van der Waals surface area contributed by atoms with Crippen molar-refractivity contribution in [3.63, 3.8) is 0 Å². The van der Waals surface area contributed by atoms with Crippen LogP contribution in [0.2, 0.25) is 0 Å². The van der Waals surface area contributed by atoms with E-state index in [9.17, 15) is 5.11 Å². The fraction of sp³-hybridized carbons (Fsp3) is 0.538. The average Bonchev–Trinajstić information content (AvgIpc) is 2.28. The molecule has 2 N–H and O–H groups in total. The van der Waals surface area contributed by atoms with Crippen LogP contribution >= 0.6 is 0 Å². The van der Waals surface area contributed by atoms with Crippen LogP contribution in [0.4, 0.5) is 0 Å². The van der Waals surface area contributed by atoms with E-state index in [1.165, 1.54) is 0 Å². The Morgan fingerprint density at radius 3 is 2.56 bits per heavy atom. The molecule has 1 aromatic carbocycles. The summed E-state index contributed by atoms with van der Waals surface area (Å²) in [7, 11) is 1.59. The van der Waals surface area contributed by atoms with E-state index < -0.39 is 0 Å². The lowest BCUT2D eigenvalue weighted by Gasteiger charge is -2.20. The number of ether oxygens (including phenoxy) is 1. The minimum atomic E-state index is 0.140. The third kappa shape index (κ3) is 3.14. The van der Waals surface area contributed by atoms with Gasteiger partial charge in [0.2, 0.25) is 0 Å². The number of methoxy groups -OCH3 is 1. The maximum absolute atomic E-state index is 9.86. The molecule has 3 heteroatoms. The zero-order valence-corrected chi connectivity index (χ0v) is 10.4. The first kappa shape index (κ1) is 12.8. The third-order valence-electron chi connectivity index (χ3n) is 2.85. The normalized spacial score (nSPS) is 14.5. The Kier molecular flexibility index (Phi) is 4.62. The third-order valence-corrected chi connectivity index (χ3v) is 2.85. The Morgan fingerprint density at radius 2 is 2.06 bits per heavy atom. The number of aromatic hydroxyl groups is 1. The number of nitrogens with one attached hydrogen (secondary N) is 1. The Bertz CT molecular complexity index is 339. The lowest BCUT2D eigenvalue weighted by molar-refractivity contribution is 0.400. The van der Waals surface area contributed by atoms with Gasteiger partial charge in [0.05, 0.1) is 7.11 Å². The molecular formula is C13H21NO2. The molecule has 0 saturated heterocycles. The predicted octanol–water partition coefficient (Wildman–Crippen LogP) is 2.85. The van der Waals surface area contributed by atoms with Gasteiger partial charge in [-0.3, -0.25) is 0 Å². The SMILES string of the molecule is CCC(C)NC(C)c1ccc(OC)cc1O. The van der Waals surface area contributed by atoms with Gasteiger partial charge >= 0.3 is 0 Å². The van der Waals surface area contributed by atoms with Crippen LogP contribution in [0.3, 0.4) is 0 Å². The van der Waals surface area contributed by atoms with Gasteiger partial charge in [-0.1, -0.05) is 13.0 Å². The zero-order valence-electron chi connectivity index (χ0n) is 10.4. The maximum Gasteiger partial charge on any atom is 0.124 e. The van der Waals surface area contributed by atoms with Crippen molar-refractivity contribution >= 4 is 0 Å². The molecule has 0 aromatic heterocycles. The molecule has 0 bridgehead atoms. The average molecular weight is 223 g/mol. The second-order valence-electron chi connectivity index (χ2n) is 4.12. The Balaban J connectivity index is 2.79. The summed E-state index contributed by atoms with van der Waals surface area (Å²) in [5.41, 5.74) is 0.904. The van der Waals surface area contributed by atoms with Crippen LogP contribution in [0, 0.1) is 0 Å². The minimum absolute atomic E-state index is 0.140.